The van der Waals surface area contributed by atoms with Gasteiger partial charge in [-0.25, -0.2) is 4.39 Å². The second-order valence-electron chi connectivity index (χ2n) is 4.40. The van der Waals surface area contributed by atoms with E-state index in [9.17, 15) is 4.39 Å². The van der Waals surface area contributed by atoms with Gasteiger partial charge in [-0.2, -0.15) is 0 Å². The van der Waals surface area contributed by atoms with Crippen molar-refractivity contribution in [3.63, 3.8) is 0 Å². The van der Waals surface area contributed by atoms with Gasteiger partial charge >= 0.3 is 0 Å². The molecule has 1 aliphatic heterocycles. The second-order valence-corrected chi connectivity index (χ2v) is 5.32. The molecule has 2 atom stereocenters. The number of hydrogen-bond acceptors (Lipinski definition) is 1. The number of alkyl halides is 1. The quantitative estimate of drug-likeness (QED) is 0.885. The van der Waals surface area contributed by atoms with Gasteiger partial charge in [-0.15, -0.1) is 0 Å². The lowest BCUT2D eigenvalue weighted by Gasteiger charge is -2.24. The zero-order valence-corrected chi connectivity index (χ0v) is 10.8. The summed E-state index contributed by atoms with van der Waals surface area (Å²) < 4.78 is 15.0. The number of benzene rings is 1. The minimum Gasteiger partial charge on any atom is -0.314 e. The van der Waals surface area contributed by atoms with Crippen molar-refractivity contribution in [2.24, 2.45) is 0 Å². The molecular weight excluding hydrogens is 269 g/mol. The van der Waals surface area contributed by atoms with Crippen LogP contribution in [0.15, 0.2) is 28.7 Å². The van der Waals surface area contributed by atoms with E-state index >= 15 is 0 Å². The first kappa shape index (κ1) is 12.1. The summed E-state index contributed by atoms with van der Waals surface area (Å²) in [7, 11) is 0. The average molecular weight is 286 g/mol. The van der Waals surface area contributed by atoms with Crippen LogP contribution in [0, 0.1) is 0 Å². The zero-order valence-electron chi connectivity index (χ0n) is 9.26. The van der Waals surface area contributed by atoms with Crippen LogP contribution in [0.3, 0.4) is 0 Å². The van der Waals surface area contributed by atoms with Gasteiger partial charge in [0.05, 0.1) is 0 Å². The van der Waals surface area contributed by atoms with E-state index in [1.165, 1.54) is 12.8 Å². The highest BCUT2D eigenvalue weighted by molar-refractivity contribution is 9.10. The van der Waals surface area contributed by atoms with Crippen molar-refractivity contribution in [2.75, 3.05) is 6.54 Å². The van der Waals surface area contributed by atoms with Gasteiger partial charge in [0.15, 0.2) is 0 Å². The molecule has 0 amide bonds. The maximum atomic E-state index is 14.0. The van der Waals surface area contributed by atoms with Crippen LogP contribution in [0.1, 0.15) is 37.4 Å². The van der Waals surface area contributed by atoms with Crippen LogP contribution in [0.25, 0.3) is 0 Å². The van der Waals surface area contributed by atoms with Crippen molar-refractivity contribution in [3.8, 4) is 0 Å². The van der Waals surface area contributed by atoms with Gasteiger partial charge in [0, 0.05) is 10.5 Å². The second kappa shape index (κ2) is 5.78. The topological polar surface area (TPSA) is 12.0 Å². The Balaban J connectivity index is 1.91. The molecule has 1 saturated heterocycles. The van der Waals surface area contributed by atoms with E-state index in [1.807, 2.05) is 24.3 Å². The first-order chi connectivity index (χ1) is 7.75. The number of piperidine rings is 1. The van der Waals surface area contributed by atoms with Crippen molar-refractivity contribution >= 4 is 15.9 Å². The molecule has 2 unspecified atom stereocenters. The lowest BCUT2D eigenvalue weighted by molar-refractivity contribution is 0.260. The third-order valence-corrected chi connectivity index (χ3v) is 3.66. The van der Waals surface area contributed by atoms with E-state index in [1.54, 1.807) is 0 Å². The SMILES string of the molecule is FC(CC1CCCCN1)c1ccc(Br)cc1. The molecule has 1 aliphatic rings. The van der Waals surface area contributed by atoms with E-state index in [0.29, 0.717) is 12.5 Å². The normalized spacial score (nSPS) is 23.0. The number of nitrogens with one attached hydrogen (secondary N) is 1. The molecule has 0 saturated carbocycles. The maximum Gasteiger partial charge on any atom is 0.127 e. The molecule has 1 aromatic carbocycles. The third-order valence-electron chi connectivity index (χ3n) is 3.14. The Hall–Kier alpha value is -0.410. The van der Waals surface area contributed by atoms with E-state index in [4.69, 9.17) is 0 Å². The van der Waals surface area contributed by atoms with E-state index in [2.05, 4.69) is 21.2 Å². The molecule has 1 fully saturated rings. The number of hydrogen-bond donors (Lipinski definition) is 1. The number of halogens is 2. The van der Waals surface area contributed by atoms with E-state index < -0.39 is 6.17 Å². The van der Waals surface area contributed by atoms with E-state index in [0.717, 1.165) is 23.0 Å². The molecule has 1 N–H and O–H groups in total. The van der Waals surface area contributed by atoms with Crippen LogP contribution in [-0.2, 0) is 0 Å². The molecule has 0 aliphatic carbocycles. The van der Waals surface area contributed by atoms with Crippen LogP contribution in [0.4, 0.5) is 4.39 Å². The molecule has 1 nitrogen and oxygen atoms in total. The lowest BCUT2D eigenvalue weighted by Crippen LogP contribution is -2.34. The summed E-state index contributed by atoms with van der Waals surface area (Å²) in [6.07, 6.45) is 3.32. The third kappa shape index (κ3) is 3.29. The standard InChI is InChI=1S/C13H17BrFN/c14-11-6-4-10(5-7-11)13(15)9-12-3-1-2-8-16-12/h4-7,12-13,16H,1-3,8-9H2. The first-order valence-corrected chi connectivity index (χ1v) is 6.68. The molecular formula is C13H17BrFN. The number of rotatable bonds is 3. The van der Waals surface area contributed by atoms with Gasteiger partial charge in [0.1, 0.15) is 6.17 Å². The molecule has 0 bridgehead atoms. The van der Waals surface area contributed by atoms with Crippen molar-refractivity contribution in [1.82, 2.24) is 5.32 Å². The fourth-order valence-corrected chi connectivity index (χ4v) is 2.45. The highest BCUT2D eigenvalue weighted by atomic mass is 79.9. The smallest absolute Gasteiger partial charge is 0.127 e. The predicted molar refractivity (Wildman–Crippen MR) is 68.2 cm³/mol. The summed E-state index contributed by atoms with van der Waals surface area (Å²) in [6.45, 7) is 1.04. The Morgan fingerprint density at radius 2 is 2.06 bits per heavy atom. The van der Waals surface area contributed by atoms with Crippen LogP contribution in [0.5, 0.6) is 0 Å². The minimum atomic E-state index is -0.844. The van der Waals surface area contributed by atoms with Crippen molar-refractivity contribution < 1.29 is 4.39 Å². The van der Waals surface area contributed by atoms with Gasteiger partial charge in [-0.05, 0) is 43.5 Å². The lowest BCUT2D eigenvalue weighted by atomic mass is 9.97. The molecule has 2 rings (SSSR count). The Morgan fingerprint density at radius 1 is 1.31 bits per heavy atom. The van der Waals surface area contributed by atoms with Crippen molar-refractivity contribution in [1.29, 1.82) is 0 Å². The molecule has 88 valence electrons. The van der Waals surface area contributed by atoms with Gasteiger partial charge < -0.3 is 5.32 Å². The Bertz CT molecular complexity index is 319. The molecule has 1 heterocycles. The van der Waals surface area contributed by atoms with E-state index in [-0.39, 0.29) is 0 Å². The van der Waals surface area contributed by atoms with Crippen LogP contribution >= 0.6 is 15.9 Å². The molecule has 16 heavy (non-hydrogen) atoms. The van der Waals surface area contributed by atoms with Gasteiger partial charge in [0.25, 0.3) is 0 Å². The summed E-state index contributed by atoms with van der Waals surface area (Å²) in [5, 5.41) is 3.38. The predicted octanol–water partition coefficient (Wildman–Crippen LogP) is 3.99. The average Bonchev–Trinajstić information content (AvgIpc) is 2.31. The fourth-order valence-electron chi connectivity index (χ4n) is 2.18. The fraction of sp³-hybridized carbons (Fsp3) is 0.538. The monoisotopic (exact) mass is 285 g/mol. The Morgan fingerprint density at radius 3 is 2.69 bits per heavy atom. The Kier molecular flexibility index (Phi) is 4.36. The molecule has 0 spiro atoms. The molecule has 3 heteroatoms. The van der Waals surface area contributed by atoms with Crippen LogP contribution in [0.2, 0.25) is 0 Å². The van der Waals surface area contributed by atoms with Crippen LogP contribution in [-0.4, -0.2) is 12.6 Å². The first-order valence-electron chi connectivity index (χ1n) is 5.88. The largest absolute Gasteiger partial charge is 0.314 e. The minimum absolute atomic E-state index is 0.354. The summed E-state index contributed by atoms with van der Waals surface area (Å²) >= 11 is 3.36. The highest BCUT2D eigenvalue weighted by Crippen LogP contribution is 2.26. The highest BCUT2D eigenvalue weighted by Gasteiger charge is 2.19. The summed E-state index contributed by atoms with van der Waals surface area (Å²) in [5.41, 5.74) is 0.788. The van der Waals surface area contributed by atoms with Gasteiger partial charge in [0.2, 0.25) is 0 Å². The summed E-state index contributed by atoms with van der Waals surface area (Å²) in [5.74, 6) is 0. The Labute approximate surface area is 105 Å². The molecule has 0 aromatic heterocycles. The maximum absolute atomic E-state index is 14.0. The van der Waals surface area contributed by atoms with Crippen LogP contribution < -0.4 is 5.32 Å². The molecule has 0 radical (unpaired) electrons. The summed E-state index contributed by atoms with van der Waals surface area (Å²) in [6, 6.07) is 7.87. The van der Waals surface area contributed by atoms with Crippen molar-refractivity contribution in [2.45, 2.75) is 37.9 Å². The zero-order chi connectivity index (χ0) is 11.4. The van der Waals surface area contributed by atoms with Gasteiger partial charge in [-0.1, -0.05) is 34.5 Å². The van der Waals surface area contributed by atoms with Crippen molar-refractivity contribution in [3.05, 3.63) is 34.3 Å². The van der Waals surface area contributed by atoms with Gasteiger partial charge in [-0.3, -0.25) is 0 Å². The summed E-state index contributed by atoms with van der Waals surface area (Å²) in [4.78, 5) is 0. The molecule has 1 aromatic rings.